The normalized spacial score (nSPS) is 11.2. The van der Waals surface area contributed by atoms with Gasteiger partial charge in [-0.2, -0.15) is 0 Å². The third-order valence-corrected chi connectivity index (χ3v) is 1.67. The molecule has 1 aromatic carbocycles. The first-order valence-corrected chi connectivity index (χ1v) is 4.54. The van der Waals surface area contributed by atoms with Crippen molar-refractivity contribution in [3.8, 4) is 5.75 Å². The monoisotopic (exact) mass is 197 g/mol. The fourth-order valence-electron chi connectivity index (χ4n) is 1.18. The van der Waals surface area contributed by atoms with E-state index >= 15 is 0 Å². The Morgan fingerprint density at radius 2 is 1.93 bits per heavy atom. The largest absolute Gasteiger partial charge is 0.495 e. The van der Waals surface area contributed by atoms with Crippen LogP contribution in [-0.2, 0) is 0 Å². The Bertz CT molecular complexity index is 318. The smallest absolute Gasteiger partial charge is 0.142 e. The molecule has 0 aromatic heterocycles. The van der Waals surface area contributed by atoms with Crippen LogP contribution in [0.5, 0.6) is 5.75 Å². The van der Waals surface area contributed by atoms with Crippen molar-refractivity contribution in [2.24, 2.45) is 0 Å². The lowest BCUT2D eigenvalue weighted by Gasteiger charge is -2.23. The number of halogens is 1. The van der Waals surface area contributed by atoms with E-state index in [1.165, 1.54) is 12.1 Å². The van der Waals surface area contributed by atoms with Crippen LogP contribution in [0, 0.1) is 5.82 Å². The Kier molecular flexibility index (Phi) is 2.99. The predicted molar refractivity (Wildman–Crippen MR) is 56.3 cm³/mol. The van der Waals surface area contributed by atoms with Gasteiger partial charge in [-0.3, -0.25) is 0 Å². The van der Waals surface area contributed by atoms with E-state index in [2.05, 4.69) is 5.32 Å². The van der Waals surface area contributed by atoms with Crippen molar-refractivity contribution in [1.29, 1.82) is 0 Å². The molecule has 0 aliphatic rings. The Balaban J connectivity index is 2.99. The van der Waals surface area contributed by atoms with Crippen molar-refractivity contribution < 1.29 is 9.13 Å². The molecule has 1 aromatic rings. The second kappa shape index (κ2) is 3.86. The van der Waals surface area contributed by atoms with Crippen molar-refractivity contribution in [2.45, 2.75) is 26.3 Å². The van der Waals surface area contributed by atoms with E-state index in [1.54, 1.807) is 13.2 Å². The summed E-state index contributed by atoms with van der Waals surface area (Å²) in [5.74, 6) is 0.388. The highest BCUT2D eigenvalue weighted by atomic mass is 19.1. The van der Waals surface area contributed by atoms with E-state index in [9.17, 15) is 4.39 Å². The molecule has 0 radical (unpaired) electrons. The van der Waals surface area contributed by atoms with Gasteiger partial charge in [-0.25, -0.2) is 4.39 Å². The number of rotatable bonds is 2. The maximum Gasteiger partial charge on any atom is 0.142 e. The fourth-order valence-corrected chi connectivity index (χ4v) is 1.18. The molecule has 1 rings (SSSR count). The van der Waals surface area contributed by atoms with Gasteiger partial charge < -0.3 is 10.1 Å². The number of anilines is 1. The van der Waals surface area contributed by atoms with Gasteiger partial charge in [0.1, 0.15) is 11.6 Å². The van der Waals surface area contributed by atoms with Crippen LogP contribution in [0.4, 0.5) is 10.1 Å². The summed E-state index contributed by atoms with van der Waals surface area (Å²) in [5, 5.41) is 3.18. The molecule has 3 heteroatoms. The summed E-state index contributed by atoms with van der Waals surface area (Å²) in [7, 11) is 1.57. The van der Waals surface area contributed by atoms with Crippen LogP contribution in [-0.4, -0.2) is 12.6 Å². The van der Waals surface area contributed by atoms with Crippen LogP contribution in [0.25, 0.3) is 0 Å². The van der Waals surface area contributed by atoms with E-state index in [0.717, 1.165) is 0 Å². The average molecular weight is 197 g/mol. The highest BCUT2D eigenvalue weighted by Crippen LogP contribution is 2.27. The second-order valence-corrected chi connectivity index (χ2v) is 4.22. The number of hydrogen-bond donors (Lipinski definition) is 1. The van der Waals surface area contributed by atoms with Gasteiger partial charge in [0.25, 0.3) is 0 Å². The zero-order chi connectivity index (χ0) is 10.8. The van der Waals surface area contributed by atoms with E-state index in [4.69, 9.17) is 4.74 Å². The molecular weight excluding hydrogens is 181 g/mol. The zero-order valence-electron chi connectivity index (χ0n) is 9.02. The zero-order valence-corrected chi connectivity index (χ0v) is 9.02. The highest BCUT2D eigenvalue weighted by molar-refractivity contribution is 5.57. The lowest BCUT2D eigenvalue weighted by Crippen LogP contribution is -2.26. The van der Waals surface area contributed by atoms with E-state index in [-0.39, 0.29) is 11.4 Å². The van der Waals surface area contributed by atoms with Crippen LogP contribution in [0.3, 0.4) is 0 Å². The molecule has 0 heterocycles. The molecule has 0 spiro atoms. The van der Waals surface area contributed by atoms with E-state index in [0.29, 0.717) is 11.4 Å². The lowest BCUT2D eigenvalue weighted by molar-refractivity contribution is 0.414. The Hall–Kier alpha value is -1.25. The molecule has 2 nitrogen and oxygen atoms in total. The molecule has 0 unspecified atom stereocenters. The number of ether oxygens (including phenoxy) is 1. The van der Waals surface area contributed by atoms with Crippen molar-refractivity contribution in [3.63, 3.8) is 0 Å². The standard InChI is InChI=1S/C11H16FNO/c1-11(2,3)13-9-7-8(12)5-6-10(9)14-4/h5-7,13H,1-4H3. The third kappa shape index (κ3) is 2.91. The topological polar surface area (TPSA) is 21.3 Å². The molecule has 0 saturated heterocycles. The molecule has 0 amide bonds. The first kappa shape index (κ1) is 10.8. The van der Waals surface area contributed by atoms with Gasteiger partial charge in [0.2, 0.25) is 0 Å². The van der Waals surface area contributed by atoms with Crippen molar-refractivity contribution in [3.05, 3.63) is 24.0 Å². The van der Waals surface area contributed by atoms with Gasteiger partial charge in [0, 0.05) is 11.6 Å². The maximum absolute atomic E-state index is 13.0. The molecule has 0 saturated carbocycles. The SMILES string of the molecule is COc1ccc(F)cc1NC(C)(C)C. The molecule has 78 valence electrons. The molecule has 0 fully saturated rings. The van der Waals surface area contributed by atoms with Crippen LogP contribution in [0.2, 0.25) is 0 Å². The van der Waals surface area contributed by atoms with Gasteiger partial charge in [-0.05, 0) is 32.9 Å². The molecule has 0 atom stereocenters. The molecule has 14 heavy (non-hydrogen) atoms. The summed E-state index contributed by atoms with van der Waals surface area (Å²) in [4.78, 5) is 0. The van der Waals surface area contributed by atoms with Crippen LogP contribution in [0.1, 0.15) is 20.8 Å². The summed E-state index contributed by atoms with van der Waals surface area (Å²) < 4.78 is 18.1. The maximum atomic E-state index is 13.0. The fraction of sp³-hybridized carbons (Fsp3) is 0.455. The van der Waals surface area contributed by atoms with E-state index in [1.807, 2.05) is 20.8 Å². The van der Waals surface area contributed by atoms with E-state index < -0.39 is 0 Å². The Morgan fingerprint density at radius 1 is 1.29 bits per heavy atom. The Morgan fingerprint density at radius 3 is 2.43 bits per heavy atom. The van der Waals surface area contributed by atoms with Gasteiger partial charge in [-0.1, -0.05) is 0 Å². The Labute approximate surface area is 84.1 Å². The summed E-state index contributed by atoms with van der Waals surface area (Å²) >= 11 is 0. The van der Waals surface area contributed by atoms with Crippen LogP contribution in [0.15, 0.2) is 18.2 Å². The molecule has 0 bridgehead atoms. The minimum Gasteiger partial charge on any atom is -0.495 e. The van der Waals surface area contributed by atoms with Gasteiger partial charge in [-0.15, -0.1) is 0 Å². The van der Waals surface area contributed by atoms with Gasteiger partial charge in [0.15, 0.2) is 0 Å². The quantitative estimate of drug-likeness (QED) is 0.786. The first-order chi connectivity index (χ1) is 6.42. The summed E-state index contributed by atoms with van der Waals surface area (Å²) in [6.07, 6.45) is 0. The number of benzene rings is 1. The third-order valence-electron chi connectivity index (χ3n) is 1.67. The number of methoxy groups -OCH3 is 1. The summed E-state index contributed by atoms with van der Waals surface area (Å²) in [6, 6.07) is 4.43. The lowest BCUT2D eigenvalue weighted by atomic mass is 10.1. The van der Waals surface area contributed by atoms with Crippen molar-refractivity contribution in [2.75, 3.05) is 12.4 Å². The molecular formula is C11H16FNO. The molecule has 0 aliphatic heterocycles. The average Bonchev–Trinajstić information content (AvgIpc) is 2.01. The second-order valence-electron chi connectivity index (χ2n) is 4.22. The number of hydrogen-bond acceptors (Lipinski definition) is 2. The van der Waals surface area contributed by atoms with Crippen molar-refractivity contribution in [1.82, 2.24) is 0 Å². The van der Waals surface area contributed by atoms with Crippen molar-refractivity contribution >= 4 is 5.69 Å². The highest BCUT2D eigenvalue weighted by Gasteiger charge is 2.13. The van der Waals surface area contributed by atoms with Crippen LogP contribution < -0.4 is 10.1 Å². The van der Waals surface area contributed by atoms with Gasteiger partial charge >= 0.3 is 0 Å². The molecule has 1 N–H and O–H groups in total. The summed E-state index contributed by atoms with van der Waals surface area (Å²) in [6.45, 7) is 6.03. The first-order valence-electron chi connectivity index (χ1n) is 4.54. The van der Waals surface area contributed by atoms with Crippen LogP contribution >= 0.6 is 0 Å². The predicted octanol–water partition coefficient (Wildman–Crippen LogP) is 3.04. The minimum atomic E-state index is -0.266. The number of nitrogens with one attached hydrogen (secondary N) is 1. The van der Waals surface area contributed by atoms with Gasteiger partial charge in [0.05, 0.1) is 12.8 Å². The minimum absolute atomic E-state index is 0.110. The summed E-state index contributed by atoms with van der Waals surface area (Å²) in [5.41, 5.74) is 0.571. The molecule has 0 aliphatic carbocycles.